The largest absolute Gasteiger partial charge is 0.481 e. The molecule has 0 bridgehead atoms. The summed E-state index contributed by atoms with van der Waals surface area (Å²) in [4.78, 5) is 24.6. The lowest BCUT2D eigenvalue weighted by atomic mass is 10.1. The van der Waals surface area contributed by atoms with Crippen molar-refractivity contribution in [2.75, 3.05) is 6.54 Å². The van der Waals surface area contributed by atoms with Crippen molar-refractivity contribution in [2.24, 2.45) is 7.05 Å². The molecule has 1 amide bonds. The van der Waals surface area contributed by atoms with Crippen molar-refractivity contribution in [3.05, 3.63) is 17.5 Å². The van der Waals surface area contributed by atoms with Crippen LogP contribution in [-0.2, 0) is 11.8 Å². The van der Waals surface area contributed by atoms with Gasteiger partial charge in [-0.3, -0.25) is 14.3 Å². The minimum Gasteiger partial charge on any atom is -0.481 e. The quantitative estimate of drug-likeness (QED) is 0.851. The van der Waals surface area contributed by atoms with E-state index < -0.39 is 5.97 Å². The Labute approximate surface area is 106 Å². The van der Waals surface area contributed by atoms with Crippen molar-refractivity contribution in [3.8, 4) is 0 Å². The summed E-state index contributed by atoms with van der Waals surface area (Å²) in [7, 11) is 1.75. The molecule has 0 saturated carbocycles. The van der Waals surface area contributed by atoms with Crippen LogP contribution in [0.25, 0.3) is 0 Å². The van der Waals surface area contributed by atoms with Crippen molar-refractivity contribution in [1.82, 2.24) is 14.7 Å². The highest BCUT2D eigenvalue weighted by Crippen LogP contribution is 2.13. The number of aliphatic carboxylic acids is 1. The summed E-state index contributed by atoms with van der Waals surface area (Å²) in [6.07, 6.45) is 1.60. The Morgan fingerprint density at radius 1 is 1.56 bits per heavy atom. The van der Waals surface area contributed by atoms with Gasteiger partial charge in [0, 0.05) is 25.8 Å². The van der Waals surface area contributed by atoms with Gasteiger partial charge < -0.3 is 10.0 Å². The second kappa shape index (κ2) is 5.66. The summed E-state index contributed by atoms with van der Waals surface area (Å²) in [5, 5.41) is 12.9. The fourth-order valence-electron chi connectivity index (χ4n) is 1.98. The summed E-state index contributed by atoms with van der Waals surface area (Å²) in [6.45, 7) is 5.81. The molecule has 100 valence electrons. The zero-order valence-corrected chi connectivity index (χ0v) is 11.2. The minimum atomic E-state index is -0.906. The molecule has 0 spiro atoms. The van der Waals surface area contributed by atoms with Crippen LogP contribution in [0.4, 0.5) is 0 Å². The normalized spacial score (nSPS) is 12.2. The van der Waals surface area contributed by atoms with Crippen LogP contribution in [0.15, 0.2) is 6.20 Å². The van der Waals surface area contributed by atoms with E-state index in [0.29, 0.717) is 17.8 Å². The first kappa shape index (κ1) is 14.2. The Hall–Kier alpha value is -1.85. The van der Waals surface area contributed by atoms with Crippen LogP contribution in [0.2, 0.25) is 0 Å². The highest BCUT2D eigenvalue weighted by molar-refractivity contribution is 5.95. The number of carboxylic acids is 1. The average molecular weight is 253 g/mol. The number of aryl methyl sites for hydroxylation is 2. The summed E-state index contributed by atoms with van der Waals surface area (Å²) >= 11 is 0. The SMILES string of the molecule is CCN(C(=O)c1cn(C)nc1C)C(C)CC(=O)O. The standard InChI is InChI=1S/C12H19N3O3/c1-5-15(8(2)6-11(16)17)12(18)10-7-14(4)13-9(10)3/h7-8H,5-6H2,1-4H3,(H,16,17). The highest BCUT2D eigenvalue weighted by atomic mass is 16.4. The van der Waals surface area contributed by atoms with Crippen LogP contribution in [0, 0.1) is 6.92 Å². The Morgan fingerprint density at radius 2 is 2.17 bits per heavy atom. The fraction of sp³-hybridized carbons (Fsp3) is 0.583. The number of carbonyl (C=O) groups is 2. The maximum absolute atomic E-state index is 12.3. The molecular weight excluding hydrogens is 234 g/mol. The van der Waals surface area contributed by atoms with E-state index in [9.17, 15) is 9.59 Å². The molecule has 1 aromatic heterocycles. The maximum Gasteiger partial charge on any atom is 0.305 e. The lowest BCUT2D eigenvalue weighted by Gasteiger charge is -2.26. The predicted molar refractivity (Wildman–Crippen MR) is 66.4 cm³/mol. The third-order valence-electron chi connectivity index (χ3n) is 2.85. The third kappa shape index (κ3) is 3.09. The molecule has 0 aliphatic rings. The summed E-state index contributed by atoms with van der Waals surface area (Å²) < 4.78 is 1.58. The van der Waals surface area contributed by atoms with Crippen LogP contribution < -0.4 is 0 Å². The first-order valence-corrected chi connectivity index (χ1v) is 5.89. The number of carboxylic acid groups (broad SMARTS) is 1. The Morgan fingerprint density at radius 3 is 2.56 bits per heavy atom. The van der Waals surface area contributed by atoms with Gasteiger partial charge in [-0.1, -0.05) is 0 Å². The van der Waals surface area contributed by atoms with Crippen LogP contribution in [0.5, 0.6) is 0 Å². The van der Waals surface area contributed by atoms with Gasteiger partial charge in [0.1, 0.15) is 0 Å². The average Bonchev–Trinajstić information content (AvgIpc) is 2.57. The molecule has 0 aromatic carbocycles. The van der Waals surface area contributed by atoms with Gasteiger partial charge >= 0.3 is 5.97 Å². The van der Waals surface area contributed by atoms with Crippen LogP contribution in [0.1, 0.15) is 36.3 Å². The summed E-state index contributed by atoms with van der Waals surface area (Å²) in [6, 6.07) is -0.334. The number of carbonyl (C=O) groups excluding carboxylic acids is 1. The van der Waals surface area contributed by atoms with Gasteiger partial charge in [-0.2, -0.15) is 5.10 Å². The topological polar surface area (TPSA) is 75.4 Å². The van der Waals surface area contributed by atoms with Crippen molar-refractivity contribution in [1.29, 1.82) is 0 Å². The number of amides is 1. The van der Waals surface area contributed by atoms with Gasteiger partial charge in [-0.15, -0.1) is 0 Å². The molecule has 1 atom stereocenters. The van der Waals surface area contributed by atoms with Gasteiger partial charge in [0.05, 0.1) is 17.7 Å². The lowest BCUT2D eigenvalue weighted by Crippen LogP contribution is -2.39. The monoisotopic (exact) mass is 253 g/mol. The van der Waals surface area contributed by atoms with Crippen molar-refractivity contribution in [3.63, 3.8) is 0 Å². The molecule has 1 rings (SSSR count). The van der Waals surface area contributed by atoms with Gasteiger partial charge in [-0.05, 0) is 20.8 Å². The number of hydrogen-bond acceptors (Lipinski definition) is 3. The second-order valence-electron chi connectivity index (χ2n) is 4.34. The van der Waals surface area contributed by atoms with Crippen LogP contribution in [-0.4, -0.2) is 44.3 Å². The fourth-order valence-corrected chi connectivity index (χ4v) is 1.98. The van der Waals surface area contributed by atoms with Crippen LogP contribution >= 0.6 is 0 Å². The molecule has 6 nitrogen and oxygen atoms in total. The smallest absolute Gasteiger partial charge is 0.305 e. The molecule has 0 fully saturated rings. The lowest BCUT2D eigenvalue weighted by molar-refractivity contribution is -0.138. The Kier molecular flexibility index (Phi) is 4.47. The van der Waals surface area contributed by atoms with Crippen molar-refractivity contribution < 1.29 is 14.7 Å². The molecule has 1 heterocycles. The summed E-state index contributed by atoms with van der Waals surface area (Å²) in [5.74, 6) is -1.08. The van der Waals surface area contributed by atoms with E-state index in [1.54, 1.807) is 36.7 Å². The van der Waals surface area contributed by atoms with Gasteiger partial charge in [0.15, 0.2) is 0 Å². The van der Waals surface area contributed by atoms with Crippen molar-refractivity contribution in [2.45, 2.75) is 33.2 Å². The van der Waals surface area contributed by atoms with Gasteiger partial charge in [-0.25, -0.2) is 0 Å². The van der Waals surface area contributed by atoms with E-state index in [1.807, 2.05) is 6.92 Å². The number of rotatable bonds is 5. The first-order chi connectivity index (χ1) is 8.36. The number of nitrogens with zero attached hydrogens (tertiary/aromatic N) is 3. The maximum atomic E-state index is 12.3. The molecule has 1 unspecified atom stereocenters. The van der Waals surface area contributed by atoms with Crippen molar-refractivity contribution >= 4 is 11.9 Å². The molecule has 6 heteroatoms. The summed E-state index contributed by atoms with van der Waals surface area (Å²) in [5.41, 5.74) is 1.18. The first-order valence-electron chi connectivity index (χ1n) is 5.89. The third-order valence-corrected chi connectivity index (χ3v) is 2.85. The van der Waals surface area contributed by atoms with Gasteiger partial charge in [0.25, 0.3) is 5.91 Å². The minimum absolute atomic E-state index is 0.0567. The molecule has 0 aliphatic carbocycles. The molecular formula is C12H19N3O3. The molecule has 0 radical (unpaired) electrons. The highest BCUT2D eigenvalue weighted by Gasteiger charge is 2.24. The number of aromatic nitrogens is 2. The van der Waals surface area contributed by atoms with E-state index in [0.717, 1.165) is 0 Å². The van der Waals surface area contributed by atoms with E-state index in [1.165, 1.54) is 0 Å². The van der Waals surface area contributed by atoms with E-state index in [-0.39, 0.29) is 18.4 Å². The number of hydrogen-bond donors (Lipinski definition) is 1. The zero-order valence-electron chi connectivity index (χ0n) is 11.2. The Bertz CT molecular complexity index is 453. The zero-order chi connectivity index (χ0) is 13.9. The van der Waals surface area contributed by atoms with E-state index in [2.05, 4.69) is 5.10 Å². The van der Waals surface area contributed by atoms with E-state index >= 15 is 0 Å². The van der Waals surface area contributed by atoms with E-state index in [4.69, 9.17) is 5.11 Å². The molecule has 1 N–H and O–H groups in total. The molecule has 18 heavy (non-hydrogen) atoms. The van der Waals surface area contributed by atoms with Gasteiger partial charge in [0.2, 0.25) is 0 Å². The van der Waals surface area contributed by atoms with Crippen LogP contribution in [0.3, 0.4) is 0 Å². The molecule has 1 aromatic rings. The predicted octanol–water partition coefficient (Wildman–Crippen LogP) is 1.05. The molecule has 0 aliphatic heterocycles. The Balaban J connectivity index is 2.92. The molecule has 0 saturated heterocycles. The second-order valence-corrected chi connectivity index (χ2v) is 4.34.